The van der Waals surface area contributed by atoms with Crippen molar-refractivity contribution < 1.29 is 19.5 Å². The van der Waals surface area contributed by atoms with Gasteiger partial charge in [-0.05, 0) is 31.0 Å². The Kier molecular flexibility index (Phi) is 6.11. The lowest BCUT2D eigenvalue weighted by atomic mass is 9.89. The van der Waals surface area contributed by atoms with Crippen molar-refractivity contribution in [3.8, 4) is 5.69 Å². The number of Topliss-reactive ketones (excluding diaryl/α,β-unsaturated/α-hetero) is 1. The number of ketones is 1. The summed E-state index contributed by atoms with van der Waals surface area (Å²) < 4.78 is 0. The predicted octanol–water partition coefficient (Wildman–Crippen LogP) is 1.07. The zero-order valence-corrected chi connectivity index (χ0v) is 17.3. The first-order valence-electron chi connectivity index (χ1n) is 10.1. The molecule has 1 fully saturated rings. The molecule has 6 N–H and O–H groups in total. The van der Waals surface area contributed by atoms with Gasteiger partial charge in [0.05, 0.1) is 24.1 Å². The molecule has 2 amide bonds. The molecule has 1 aliphatic carbocycles. The van der Waals surface area contributed by atoms with Gasteiger partial charge in [-0.25, -0.2) is 9.78 Å². The molecule has 0 radical (unpaired) electrons. The Morgan fingerprint density at radius 1 is 1.21 bits per heavy atom. The molecule has 1 aliphatic rings. The highest BCUT2D eigenvalue weighted by Gasteiger charge is 2.33. The lowest BCUT2D eigenvalue weighted by Crippen LogP contribution is -2.53. The van der Waals surface area contributed by atoms with Crippen molar-refractivity contribution >= 4 is 35.2 Å². The van der Waals surface area contributed by atoms with Gasteiger partial charge in [0, 0.05) is 18.3 Å². The number of nitrogens with two attached hydrogens (primary N) is 1. The number of hydrogen-bond acceptors (Lipinski definition) is 9. The summed E-state index contributed by atoms with van der Waals surface area (Å²) in [6, 6.07) is 5.64. The largest absolute Gasteiger partial charge is 0.465 e. The SMILES string of the molecule is NC(=O)c1cnc(N[C@@H]2CCCC(=O)[C@@H]2NC(=O)O)nc1Nc1cccc(-n2nccn2)c1. The maximum atomic E-state index is 12.2. The van der Waals surface area contributed by atoms with Gasteiger partial charge in [-0.3, -0.25) is 9.59 Å². The van der Waals surface area contributed by atoms with Crippen LogP contribution in [0.3, 0.4) is 0 Å². The Morgan fingerprint density at radius 3 is 2.73 bits per heavy atom. The van der Waals surface area contributed by atoms with Gasteiger partial charge < -0.3 is 26.8 Å². The Balaban J connectivity index is 1.60. The van der Waals surface area contributed by atoms with Crippen LogP contribution in [0.1, 0.15) is 29.6 Å². The summed E-state index contributed by atoms with van der Waals surface area (Å²) in [5.41, 5.74) is 6.81. The van der Waals surface area contributed by atoms with Gasteiger partial charge in [-0.2, -0.15) is 20.0 Å². The summed E-state index contributed by atoms with van der Waals surface area (Å²) in [5, 5.41) is 25.5. The number of primary amides is 1. The van der Waals surface area contributed by atoms with E-state index in [0.717, 1.165) is 0 Å². The summed E-state index contributed by atoms with van der Waals surface area (Å²) in [6.07, 6.45) is 4.52. The number of anilines is 3. The smallest absolute Gasteiger partial charge is 0.405 e. The van der Waals surface area contributed by atoms with Crippen LogP contribution in [0.4, 0.5) is 22.2 Å². The Morgan fingerprint density at radius 2 is 2.00 bits per heavy atom. The minimum atomic E-state index is -1.29. The molecule has 4 rings (SSSR count). The Bertz CT molecular complexity index is 1180. The minimum absolute atomic E-state index is 0.0584. The van der Waals surface area contributed by atoms with E-state index in [1.54, 1.807) is 30.6 Å². The molecule has 2 heterocycles. The molecule has 33 heavy (non-hydrogen) atoms. The average molecular weight is 451 g/mol. The molecule has 0 bridgehead atoms. The molecule has 0 saturated heterocycles. The molecule has 170 valence electrons. The second-order valence-corrected chi connectivity index (χ2v) is 7.35. The summed E-state index contributed by atoms with van der Waals surface area (Å²) in [7, 11) is 0. The number of nitrogens with zero attached hydrogens (tertiary/aromatic N) is 5. The molecule has 2 atom stereocenters. The maximum Gasteiger partial charge on any atom is 0.405 e. The van der Waals surface area contributed by atoms with E-state index in [4.69, 9.17) is 10.8 Å². The Labute approximate surface area is 187 Å². The number of carbonyl (C=O) groups is 3. The minimum Gasteiger partial charge on any atom is -0.465 e. The highest BCUT2D eigenvalue weighted by Crippen LogP contribution is 2.23. The fraction of sp³-hybridized carbons (Fsp3) is 0.250. The number of nitrogens with one attached hydrogen (secondary N) is 3. The van der Waals surface area contributed by atoms with Gasteiger partial charge in [-0.15, -0.1) is 0 Å². The molecular formula is C20H21N9O4. The predicted molar refractivity (Wildman–Crippen MR) is 116 cm³/mol. The fourth-order valence-corrected chi connectivity index (χ4v) is 3.60. The van der Waals surface area contributed by atoms with Gasteiger partial charge >= 0.3 is 6.09 Å². The standard InChI is InChI=1S/C20H21N9O4/c21-17(31)13-10-22-19(26-14-5-2-6-15(30)16(14)27-20(32)33)28-18(13)25-11-3-1-4-12(9-11)29-23-7-8-24-29/h1,3-4,7-10,14,16,27H,2,5-6H2,(H2,21,31)(H,32,33)(H2,22,25,26,28)/t14-,16-/m1/s1. The van der Waals surface area contributed by atoms with Gasteiger partial charge in [0.25, 0.3) is 5.91 Å². The van der Waals surface area contributed by atoms with E-state index < -0.39 is 24.1 Å². The van der Waals surface area contributed by atoms with Crippen LogP contribution in [0.15, 0.2) is 42.9 Å². The van der Waals surface area contributed by atoms with Gasteiger partial charge in [0.1, 0.15) is 17.4 Å². The van der Waals surface area contributed by atoms with E-state index in [2.05, 4.69) is 36.1 Å². The third kappa shape index (κ3) is 5.03. The highest BCUT2D eigenvalue weighted by atomic mass is 16.4. The third-order valence-electron chi connectivity index (χ3n) is 5.09. The second-order valence-electron chi connectivity index (χ2n) is 7.35. The molecule has 0 aliphatic heterocycles. The van der Waals surface area contributed by atoms with E-state index >= 15 is 0 Å². The molecule has 1 aromatic carbocycles. The van der Waals surface area contributed by atoms with Crippen molar-refractivity contribution in [2.75, 3.05) is 10.6 Å². The zero-order valence-electron chi connectivity index (χ0n) is 17.3. The lowest BCUT2D eigenvalue weighted by Gasteiger charge is -2.30. The number of carboxylic acid groups (broad SMARTS) is 1. The monoisotopic (exact) mass is 451 g/mol. The van der Waals surface area contributed by atoms with Crippen LogP contribution in [-0.2, 0) is 4.79 Å². The quantitative estimate of drug-likeness (QED) is 0.347. The van der Waals surface area contributed by atoms with Gasteiger partial charge in [0.15, 0.2) is 5.78 Å². The molecule has 3 aromatic rings. The second kappa shape index (κ2) is 9.30. The lowest BCUT2D eigenvalue weighted by molar-refractivity contribution is -0.122. The molecule has 2 aromatic heterocycles. The van der Waals surface area contributed by atoms with Crippen LogP contribution in [0.25, 0.3) is 5.69 Å². The number of rotatable bonds is 7. The van der Waals surface area contributed by atoms with Gasteiger partial charge in [-0.1, -0.05) is 6.07 Å². The van der Waals surface area contributed by atoms with Crippen molar-refractivity contribution in [2.24, 2.45) is 5.73 Å². The first kappa shape index (κ1) is 21.7. The number of amides is 2. The van der Waals surface area contributed by atoms with Crippen LogP contribution in [0.2, 0.25) is 0 Å². The molecule has 0 unspecified atom stereocenters. The highest BCUT2D eigenvalue weighted by molar-refractivity contribution is 5.98. The molecule has 13 heteroatoms. The number of benzene rings is 1. The van der Waals surface area contributed by atoms with Crippen LogP contribution in [0, 0.1) is 0 Å². The van der Waals surface area contributed by atoms with Crippen LogP contribution >= 0.6 is 0 Å². The first-order valence-corrected chi connectivity index (χ1v) is 10.1. The molecule has 0 spiro atoms. The third-order valence-corrected chi connectivity index (χ3v) is 5.09. The van der Waals surface area contributed by atoms with E-state index in [-0.39, 0.29) is 23.1 Å². The normalized spacial score (nSPS) is 17.9. The average Bonchev–Trinajstić information content (AvgIpc) is 3.31. The number of hydrogen-bond donors (Lipinski definition) is 5. The van der Waals surface area contributed by atoms with Crippen LogP contribution in [0.5, 0.6) is 0 Å². The van der Waals surface area contributed by atoms with Crippen molar-refractivity contribution in [2.45, 2.75) is 31.3 Å². The van der Waals surface area contributed by atoms with Crippen molar-refractivity contribution in [3.63, 3.8) is 0 Å². The molecular weight excluding hydrogens is 430 g/mol. The molecule has 1 saturated carbocycles. The zero-order chi connectivity index (χ0) is 23.4. The topological polar surface area (TPSA) is 190 Å². The van der Waals surface area contributed by atoms with Gasteiger partial charge in [0.2, 0.25) is 5.95 Å². The van der Waals surface area contributed by atoms with Crippen molar-refractivity contribution in [1.29, 1.82) is 0 Å². The summed E-state index contributed by atoms with van der Waals surface area (Å²) in [5.74, 6) is -0.677. The molecule has 13 nitrogen and oxygen atoms in total. The first-order chi connectivity index (χ1) is 15.9. The van der Waals surface area contributed by atoms with Crippen molar-refractivity contribution in [3.05, 3.63) is 48.4 Å². The van der Waals surface area contributed by atoms with E-state index in [9.17, 15) is 14.4 Å². The van der Waals surface area contributed by atoms with E-state index in [1.165, 1.54) is 11.0 Å². The Hall–Kier alpha value is -4.55. The fourth-order valence-electron chi connectivity index (χ4n) is 3.60. The van der Waals surface area contributed by atoms with E-state index in [1.807, 2.05) is 6.07 Å². The van der Waals surface area contributed by atoms with Crippen LogP contribution in [-0.4, -0.2) is 59.9 Å². The summed E-state index contributed by atoms with van der Waals surface area (Å²) >= 11 is 0. The van der Waals surface area contributed by atoms with E-state index in [0.29, 0.717) is 30.6 Å². The number of carbonyl (C=O) groups excluding carboxylic acids is 2. The van der Waals surface area contributed by atoms with Crippen LogP contribution < -0.4 is 21.7 Å². The summed E-state index contributed by atoms with van der Waals surface area (Å²) in [4.78, 5) is 45.2. The number of aromatic nitrogens is 5. The summed E-state index contributed by atoms with van der Waals surface area (Å²) in [6.45, 7) is 0. The van der Waals surface area contributed by atoms with Crippen molar-refractivity contribution in [1.82, 2.24) is 30.3 Å². The maximum absolute atomic E-state index is 12.2.